The lowest BCUT2D eigenvalue weighted by Gasteiger charge is -2.33. The summed E-state index contributed by atoms with van der Waals surface area (Å²) in [6.07, 6.45) is 3.53. The van der Waals surface area contributed by atoms with E-state index in [4.69, 9.17) is 0 Å². The molecule has 1 aromatic carbocycles. The molecule has 1 N–H and O–H groups in total. The summed E-state index contributed by atoms with van der Waals surface area (Å²) < 4.78 is 1.66. The number of aryl methyl sites for hydroxylation is 1. The molecule has 2 aliphatic rings. The third kappa shape index (κ3) is 3.86. The van der Waals surface area contributed by atoms with E-state index in [0.29, 0.717) is 25.3 Å². The van der Waals surface area contributed by atoms with Crippen LogP contribution in [0.25, 0.3) is 5.69 Å². The van der Waals surface area contributed by atoms with Gasteiger partial charge in [0.2, 0.25) is 5.91 Å². The molecule has 2 saturated heterocycles. The summed E-state index contributed by atoms with van der Waals surface area (Å²) in [5.41, 5.74) is 1.82. The van der Waals surface area contributed by atoms with Gasteiger partial charge in [-0.05, 0) is 61.0 Å². The molecule has 2 aliphatic heterocycles. The molecule has 4 rings (SSSR count). The van der Waals surface area contributed by atoms with E-state index in [9.17, 15) is 9.90 Å². The Balaban J connectivity index is 1.37. The van der Waals surface area contributed by atoms with Crippen molar-refractivity contribution < 1.29 is 9.90 Å². The first-order valence-electron chi connectivity index (χ1n) is 9.66. The Bertz CT molecular complexity index is 784. The zero-order valence-corrected chi connectivity index (χ0v) is 15.7. The summed E-state index contributed by atoms with van der Waals surface area (Å²) in [7, 11) is 0. The molecule has 0 spiro atoms. The van der Waals surface area contributed by atoms with Gasteiger partial charge in [-0.3, -0.25) is 9.69 Å². The van der Waals surface area contributed by atoms with Crippen LogP contribution in [-0.4, -0.2) is 79.3 Å². The number of aromatic nitrogens is 4. The topological polar surface area (TPSA) is 87.4 Å². The van der Waals surface area contributed by atoms with E-state index < -0.39 is 6.10 Å². The smallest absolute Gasteiger partial charge is 0.227 e. The highest BCUT2D eigenvalue weighted by atomic mass is 16.3. The van der Waals surface area contributed by atoms with Gasteiger partial charge in [0.05, 0.1) is 24.3 Å². The summed E-state index contributed by atoms with van der Waals surface area (Å²) in [5, 5.41) is 21.9. The summed E-state index contributed by atoms with van der Waals surface area (Å²) in [6.45, 7) is 4.96. The van der Waals surface area contributed by atoms with Crippen LogP contribution in [-0.2, 0) is 11.2 Å². The van der Waals surface area contributed by atoms with Crippen molar-refractivity contribution in [3.05, 3.63) is 35.7 Å². The second kappa shape index (κ2) is 7.74. The maximum absolute atomic E-state index is 12.7. The van der Waals surface area contributed by atoms with Crippen molar-refractivity contribution in [2.75, 3.05) is 26.2 Å². The maximum atomic E-state index is 12.7. The molecule has 27 heavy (non-hydrogen) atoms. The van der Waals surface area contributed by atoms with Gasteiger partial charge in [-0.15, -0.1) is 5.10 Å². The Morgan fingerprint density at radius 3 is 2.56 bits per heavy atom. The molecule has 2 fully saturated rings. The van der Waals surface area contributed by atoms with Crippen LogP contribution in [0, 0.1) is 6.92 Å². The maximum Gasteiger partial charge on any atom is 0.227 e. The van der Waals surface area contributed by atoms with Gasteiger partial charge in [-0.1, -0.05) is 18.6 Å². The monoisotopic (exact) mass is 370 g/mol. The molecule has 0 saturated carbocycles. The van der Waals surface area contributed by atoms with Crippen LogP contribution in [0.3, 0.4) is 0 Å². The third-order valence-corrected chi connectivity index (χ3v) is 5.63. The minimum absolute atomic E-state index is 0.0694. The fraction of sp³-hybridized carbons (Fsp3) is 0.579. The number of aliphatic hydroxyl groups excluding tert-OH is 1. The molecule has 0 radical (unpaired) electrons. The van der Waals surface area contributed by atoms with Crippen LogP contribution in [0.4, 0.5) is 0 Å². The van der Waals surface area contributed by atoms with Crippen molar-refractivity contribution in [2.45, 2.75) is 44.8 Å². The number of nitrogens with zero attached hydrogens (tertiary/aromatic N) is 6. The standard InChI is InChI=1S/C19H26N6O2/c1-14-20-21-22-25(14)16-7-5-15(6-8-16)11-19(27)24-12-17(18(26)13-24)23-9-3-2-4-10-23/h5-8,17-18,26H,2-4,9-13H2,1H3/t17-,18-/m0/s1. The van der Waals surface area contributed by atoms with Gasteiger partial charge in [-0.2, -0.15) is 4.68 Å². The van der Waals surface area contributed by atoms with Crippen molar-refractivity contribution in [3.8, 4) is 5.69 Å². The average Bonchev–Trinajstić information content (AvgIpc) is 3.29. The number of benzene rings is 1. The number of hydrogen-bond donors (Lipinski definition) is 1. The Labute approximate surface area is 158 Å². The zero-order chi connectivity index (χ0) is 18.8. The minimum Gasteiger partial charge on any atom is -0.390 e. The molecule has 1 amide bonds. The van der Waals surface area contributed by atoms with E-state index in [-0.39, 0.29) is 11.9 Å². The Kier molecular flexibility index (Phi) is 5.18. The number of carbonyl (C=O) groups excluding carboxylic acids is 1. The first-order valence-corrected chi connectivity index (χ1v) is 9.66. The number of piperidine rings is 1. The number of β-amino-alcohol motifs (C(OH)–C–C–N with tert-alkyl or cyclic N) is 1. The predicted octanol–water partition coefficient (Wildman–Crippen LogP) is 0.571. The molecule has 2 aromatic rings. The number of likely N-dealkylation sites (tertiary alicyclic amines) is 2. The van der Waals surface area contributed by atoms with Gasteiger partial charge < -0.3 is 10.0 Å². The molecular formula is C19H26N6O2. The van der Waals surface area contributed by atoms with Crippen molar-refractivity contribution >= 4 is 5.91 Å². The summed E-state index contributed by atoms with van der Waals surface area (Å²) in [4.78, 5) is 16.9. The second-order valence-electron chi connectivity index (χ2n) is 7.51. The van der Waals surface area contributed by atoms with Crippen LogP contribution in [0.15, 0.2) is 24.3 Å². The fourth-order valence-electron chi connectivity index (χ4n) is 4.09. The van der Waals surface area contributed by atoms with Crippen LogP contribution in [0.1, 0.15) is 30.7 Å². The number of amides is 1. The Morgan fingerprint density at radius 2 is 1.89 bits per heavy atom. The van der Waals surface area contributed by atoms with E-state index in [1.807, 2.05) is 36.1 Å². The first kappa shape index (κ1) is 18.1. The van der Waals surface area contributed by atoms with E-state index in [2.05, 4.69) is 20.4 Å². The van der Waals surface area contributed by atoms with E-state index in [1.54, 1.807) is 4.68 Å². The Morgan fingerprint density at radius 1 is 1.15 bits per heavy atom. The number of tetrazole rings is 1. The SMILES string of the molecule is Cc1nnnn1-c1ccc(CC(=O)N2C[C@H](O)[C@@H](N3CCCCC3)C2)cc1. The highest BCUT2D eigenvalue weighted by Gasteiger charge is 2.37. The van der Waals surface area contributed by atoms with Crippen molar-refractivity contribution in [2.24, 2.45) is 0 Å². The molecule has 2 atom stereocenters. The number of hydrogen-bond acceptors (Lipinski definition) is 6. The van der Waals surface area contributed by atoms with E-state index in [0.717, 1.165) is 24.3 Å². The van der Waals surface area contributed by atoms with Crippen molar-refractivity contribution in [1.29, 1.82) is 0 Å². The fourth-order valence-corrected chi connectivity index (χ4v) is 4.09. The van der Waals surface area contributed by atoms with Gasteiger partial charge in [-0.25, -0.2) is 0 Å². The lowest BCUT2D eigenvalue weighted by molar-refractivity contribution is -0.129. The molecule has 8 heteroatoms. The molecule has 3 heterocycles. The molecular weight excluding hydrogens is 344 g/mol. The molecule has 0 unspecified atom stereocenters. The van der Waals surface area contributed by atoms with Gasteiger partial charge in [0.15, 0.2) is 5.82 Å². The summed E-state index contributed by atoms with van der Waals surface area (Å²) in [5.74, 6) is 0.786. The highest BCUT2D eigenvalue weighted by molar-refractivity contribution is 5.79. The largest absolute Gasteiger partial charge is 0.390 e. The minimum atomic E-state index is -0.447. The zero-order valence-electron chi connectivity index (χ0n) is 15.7. The van der Waals surface area contributed by atoms with Crippen LogP contribution in [0.5, 0.6) is 0 Å². The Hall–Kier alpha value is -2.32. The van der Waals surface area contributed by atoms with Crippen LogP contribution >= 0.6 is 0 Å². The number of carbonyl (C=O) groups is 1. The molecule has 144 valence electrons. The normalized spacial score (nSPS) is 23.7. The van der Waals surface area contributed by atoms with Gasteiger partial charge >= 0.3 is 0 Å². The predicted molar refractivity (Wildman–Crippen MR) is 99.4 cm³/mol. The van der Waals surface area contributed by atoms with Gasteiger partial charge in [0.25, 0.3) is 0 Å². The summed E-state index contributed by atoms with van der Waals surface area (Å²) >= 11 is 0. The highest BCUT2D eigenvalue weighted by Crippen LogP contribution is 2.21. The molecule has 1 aromatic heterocycles. The quantitative estimate of drug-likeness (QED) is 0.847. The second-order valence-corrected chi connectivity index (χ2v) is 7.51. The molecule has 0 bridgehead atoms. The van der Waals surface area contributed by atoms with E-state index >= 15 is 0 Å². The van der Waals surface area contributed by atoms with E-state index in [1.165, 1.54) is 19.3 Å². The lowest BCUT2D eigenvalue weighted by atomic mass is 10.1. The first-order chi connectivity index (χ1) is 13.1. The summed E-state index contributed by atoms with van der Waals surface area (Å²) in [6, 6.07) is 7.79. The van der Waals surface area contributed by atoms with Crippen LogP contribution < -0.4 is 0 Å². The van der Waals surface area contributed by atoms with Gasteiger partial charge in [0, 0.05) is 13.1 Å². The average molecular weight is 370 g/mol. The van der Waals surface area contributed by atoms with Crippen molar-refractivity contribution in [3.63, 3.8) is 0 Å². The molecule has 8 nitrogen and oxygen atoms in total. The third-order valence-electron chi connectivity index (χ3n) is 5.63. The van der Waals surface area contributed by atoms with Crippen LogP contribution in [0.2, 0.25) is 0 Å². The van der Waals surface area contributed by atoms with Crippen molar-refractivity contribution in [1.82, 2.24) is 30.0 Å². The molecule has 0 aliphatic carbocycles. The van der Waals surface area contributed by atoms with Gasteiger partial charge in [0.1, 0.15) is 0 Å². The lowest BCUT2D eigenvalue weighted by Crippen LogP contribution is -2.46. The number of rotatable bonds is 4. The number of aliphatic hydroxyl groups is 1.